The van der Waals surface area contributed by atoms with Crippen LogP contribution in [0.1, 0.15) is 20.3 Å². The maximum absolute atomic E-state index is 12.1. The number of nitrogens with one attached hydrogen (secondary N) is 3. The average molecular weight is 342 g/mol. The molecule has 1 aromatic carbocycles. The van der Waals surface area contributed by atoms with Gasteiger partial charge in [-0.15, -0.1) is 11.8 Å². The summed E-state index contributed by atoms with van der Waals surface area (Å²) in [6, 6.07) is 5.57. The predicted molar refractivity (Wildman–Crippen MR) is 90.5 cm³/mol. The zero-order valence-corrected chi connectivity index (χ0v) is 14.2. The lowest BCUT2D eigenvalue weighted by atomic mass is 10.2. The Morgan fingerprint density at radius 1 is 1.50 bits per heavy atom. The van der Waals surface area contributed by atoms with E-state index in [1.807, 2.05) is 19.9 Å². The summed E-state index contributed by atoms with van der Waals surface area (Å²) in [5.41, 5.74) is 0.708. The summed E-state index contributed by atoms with van der Waals surface area (Å²) >= 11 is 7.31. The number of amides is 2. The molecule has 1 aromatic rings. The number of rotatable bonds is 6. The highest BCUT2D eigenvalue weighted by molar-refractivity contribution is 8.01. The minimum Gasteiger partial charge on any atom is -0.355 e. The van der Waals surface area contributed by atoms with Crippen LogP contribution in [0.2, 0.25) is 5.02 Å². The lowest BCUT2D eigenvalue weighted by Crippen LogP contribution is -2.41. The van der Waals surface area contributed by atoms with Crippen molar-refractivity contribution in [2.75, 3.05) is 18.4 Å². The Morgan fingerprint density at radius 2 is 2.27 bits per heavy atom. The first-order chi connectivity index (χ1) is 10.5. The summed E-state index contributed by atoms with van der Waals surface area (Å²) in [5.74, 6) is -0.274. The van der Waals surface area contributed by atoms with Crippen LogP contribution in [0, 0.1) is 0 Å². The van der Waals surface area contributed by atoms with Crippen molar-refractivity contribution in [1.29, 1.82) is 0 Å². The lowest BCUT2D eigenvalue weighted by molar-refractivity contribution is -0.124. The van der Waals surface area contributed by atoms with Crippen LogP contribution in [0.15, 0.2) is 23.1 Å². The molecule has 0 aromatic heterocycles. The monoisotopic (exact) mass is 341 g/mol. The molecule has 0 fully saturated rings. The van der Waals surface area contributed by atoms with E-state index in [9.17, 15) is 9.59 Å². The molecule has 0 saturated heterocycles. The first kappa shape index (κ1) is 17.1. The molecule has 2 amide bonds. The van der Waals surface area contributed by atoms with Gasteiger partial charge in [0.25, 0.3) is 0 Å². The molecule has 1 aliphatic heterocycles. The zero-order chi connectivity index (χ0) is 16.1. The fraction of sp³-hybridized carbons (Fsp3) is 0.467. The molecule has 2 rings (SSSR count). The smallest absolute Gasteiger partial charge is 0.238 e. The van der Waals surface area contributed by atoms with Crippen LogP contribution in [0.5, 0.6) is 0 Å². The van der Waals surface area contributed by atoms with Crippen LogP contribution in [-0.2, 0) is 9.59 Å². The molecule has 120 valence electrons. The third-order valence-electron chi connectivity index (χ3n) is 3.29. The largest absolute Gasteiger partial charge is 0.355 e. The Labute approximate surface area is 139 Å². The van der Waals surface area contributed by atoms with Gasteiger partial charge >= 0.3 is 0 Å². The van der Waals surface area contributed by atoms with Crippen molar-refractivity contribution in [2.45, 2.75) is 36.5 Å². The van der Waals surface area contributed by atoms with E-state index in [-0.39, 0.29) is 24.3 Å². The quantitative estimate of drug-likeness (QED) is 0.742. The van der Waals surface area contributed by atoms with E-state index in [0.717, 1.165) is 11.4 Å². The Kier molecular flexibility index (Phi) is 6.11. The number of likely N-dealkylation sites (N-methyl/N-ethyl adjacent to an activating group) is 1. The van der Waals surface area contributed by atoms with Crippen LogP contribution in [0.25, 0.3) is 0 Å². The third-order valence-corrected chi connectivity index (χ3v) is 4.80. The minimum absolute atomic E-state index is 0.116. The van der Waals surface area contributed by atoms with Crippen molar-refractivity contribution in [2.24, 2.45) is 0 Å². The van der Waals surface area contributed by atoms with Crippen LogP contribution < -0.4 is 16.0 Å². The van der Waals surface area contributed by atoms with Gasteiger partial charge in [0.1, 0.15) is 0 Å². The molecule has 1 aliphatic rings. The number of hydrogen-bond donors (Lipinski definition) is 3. The van der Waals surface area contributed by atoms with Crippen molar-refractivity contribution in [1.82, 2.24) is 10.6 Å². The predicted octanol–water partition coefficient (Wildman–Crippen LogP) is 2.26. The molecule has 0 radical (unpaired) electrons. The van der Waals surface area contributed by atoms with E-state index in [4.69, 9.17) is 11.6 Å². The zero-order valence-electron chi connectivity index (χ0n) is 12.6. The van der Waals surface area contributed by atoms with Gasteiger partial charge in [-0.05, 0) is 31.7 Å². The van der Waals surface area contributed by atoms with E-state index in [2.05, 4.69) is 16.0 Å². The molecule has 22 heavy (non-hydrogen) atoms. The van der Waals surface area contributed by atoms with Crippen LogP contribution in [0.4, 0.5) is 5.69 Å². The van der Waals surface area contributed by atoms with E-state index < -0.39 is 5.25 Å². The summed E-state index contributed by atoms with van der Waals surface area (Å²) in [5, 5.41) is 9.04. The van der Waals surface area contributed by atoms with Crippen molar-refractivity contribution in [3.8, 4) is 0 Å². The lowest BCUT2D eigenvalue weighted by Gasteiger charge is -2.24. The Hall–Kier alpha value is -1.24. The minimum atomic E-state index is -0.414. The summed E-state index contributed by atoms with van der Waals surface area (Å²) in [4.78, 5) is 25.0. The van der Waals surface area contributed by atoms with Crippen molar-refractivity contribution < 1.29 is 9.59 Å². The first-order valence-corrected chi connectivity index (χ1v) is 8.52. The van der Waals surface area contributed by atoms with Crippen LogP contribution >= 0.6 is 23.4 Å². The molecule has 0 aliphatic carbocycles. The molecule has 3 N–H and O–H groups in total. The molecule has 0 bridgehead atoms. The summed E-state index contributed by atoms with van der Waals surface area (Å²) in [7, 11) is 0. The molecule has 2 atom stereocenters. The molecule has 0 spiro atoms. The second-order valence-corrected chi connectivity index (χ2v) is 6.88. The first-order valence-electron chi connectivity index (χ1n) is 7.26. The second kappa shape index (κ2) is 7.85. The SMILES string of the molecule is CCN[C@H](C)CNC(=O)CC1Sc2ccc(Cl)cc2NC1=O. The Morgan fingerprint density at radius 3 is 3.00 bits per heavy atom. The van der Waals surface area contributed by atoms with Gasteiger partial charge in [-0.2, -0.15) is 0 Å². The standard InChI is InChI=1S/C15H20ClN3O2S/c1-3-17-9(2)8-18-14(20)7-13-15(21)19-11-6-10(16)4-5-12(11)22-13/h4-6,9,13,17H,3,7-8H2,1-2H3,(H,18,20)(H,19,21)/t9-,13?/m1/s1. The molecule has 1 heterocycles. The van der Waals surface area contributed by atoms with Gasteiger partial charge in [0, 0.05) is 28.9 Å². The number of benzene rings is 1. The van der Waals surface area contributed by atoms with Crippen LogP contribution in [0.3, 0.4) is 0 Å². The molecule has 5 nitrogen and oxygen atoms in total. The number of anilines is 1. The molecule has 0 saturated carbocycles. The molecular formula is C15H20ClN3O2S. The fourth-order valence-corrected chi connectivity index (χ4v) is 3.45. The van der Waals surface area contributed by atoms with Crippen LogP contribution in [-0.4, -0.2) is 36.2 Å². The fourth-order valence-electron chi connectivity index (χ4n) is 2.19. The van der Waals surface area contributed by atoms with Crippen molar-refractivity contribution >= 4 is 40.9 Å². The normalized spacial score (nSPS) is 18.3. The van der Waals surface area contributed by atoms with Gasteiger partial charge < -0.3 is 16.0 Å². The second-order valence-electron chi connectivity index (χ2n) is 5.20. The molecular weight excluding hydrogens is 322 g/mol. The Balaban J connectivity index is 1.89. The number of hydrogen-bond acceptors (Lipinski definition) is 4. The van der Waals surface area contributed by atoms with E-state index in [1.54, 1.807) is 12.1 Å². The third kappa shape index (κ3) is 4.63. The van der Waals surface area contributed by atoms with Gasteiger partial charge in [-0.3, -0.25) is 9.59 Å². The highest BCUT2D eigenvalue weighted by Gasteiger charge is 2.29. The average Bonchev–Trinajstić information content (AvgIpc) is 2.46. The van der Waals surface area contributed by atoms with Gasteiger partial charge in [0.15, 0.2) is 0 Å². The molecule has 1 unspecified atom stereocenters. The molecule has 7 heteroatoms. The highest BCUT2D eigenvalue weighted by atomic mass is 35.5. The Bertz CT molecular complexity index is 568. The highest BCUT2D eigenvalue weighted by Crippen LogP contribution is 2.38. The van der Waals surface area contributed by atoms with E-state index in [1.165, 1.54) is 11.8 Å². The van der Waals surface area contributed by atoms with E-state index >= 15 is 0 Å². The van der Waals surface area contributed by atoms with Gasteiger partial charge in [-0.25, -0.2) is 0 Å². The number of carbonyl (C=O) groups is 2. The number of fused-ring (bicyclic) bond motifs is 1. The summed E-state index contributed by atoms with van der Waals surface area (Å²) in [6.07, 6.45) is 0.164. The van der Waals surface area contributed by atoms with Crippen molar-refractivity contribution in [3.63, 3.8) is 0 Å². The van der Waals surface area contributed by atoms with Crippen molar-refractivity contribution in [3.05, 3.63) is 23.2 Å². The summed E-state index contributed by atoms with van der Waals surface area (Å²) < 4.78 is 0. The topological polar surface area (TPSA) is 70.2 Å². The van der Waals surface area contributed by atoms with Gasteiger partial charge in [0.05, 0.1) is 10.9 Å². The maximum Gasteiger partial charge on any atom is 0.238 e. The van der Waals surface area contributed by atoms with E-state index in [0.29, 0.717) is 17.3 Å². The number of thioether (sulfide) groups is 1. The maximum atomic E-state index is 12.1. The van der Waals surface area contributed by atoms with Gasteiger partial charge in [0.2, 0.25) is 11.8 Å². The summed E-state index contributed by atoms with van der Waals surface area (Å²) in [6.45, 7) is 5.44. The number of halogens is 1. The number of carbonyl (C=O) groups excluding carboxylic acids is 2. The van der Waals surface area contributed by atoms with Gasteiger partial charge in [-0.1, -0.05) is 18.5 Å².